The Kier molecular flexibility index (Phi) is 6.60. The zero-order valence-corrected chi connectivity index (χ0v) is 38.8. The molecule has 2 atom stereocenters. The van der Waals surface area contributed by atoms with Crippen molar-refractivity contribution in [2.45, 2.75) is 56.8 Å². The third-order valence-electron chi connectivity index (χ3n) is 17.3. The molecule has 4 aliphatic carbocycles. The lowest BCUT2D eigenvalue weighted by Gasteiger charge is -2.41. The molecule has 14 aromatic rings. The normalized spacial score (nSPS) is 18.4. The molecule has 2 bridgehead atoms. The lowest BCUT2D eigenvalue weighted by atomic mass is 9.62. The van der Waals surface area contributed by atoms with Crippen LogP contribution in [0.15, 0.2) is 170 Å². The van der Waals surface area contributed by atoms with Crippen LogP contribution in [0.1, 0.15) is 118 Å². The molecule has 0 saturated heterocycles. The molecule has 0 fully saturated rings. The molecule has 18 rings (SSSR count). The van der Waals surface area contributed by atoms with Crippen LogP contribution in [0.3, 0.4) is 0 Å². The smallest absolute Gasteiger partial charge is 0.0728 e. The second kappa shape index (κ2) is 12.3. The Labute approximate surface area is 397 Å². The maximum absolute atomic E-state index is 5.55. The molecule has 8 aromatic carbocycles. The highest BCUT2D eigenvalue weighted by Gasteiger charge is 2.44. The molecule has 4 heteroatoms. The fraction of sp³-hybridized carbons (Fsp3) is 0.138. The number of fused-ring (bicyclic) bond motifs is 17. The summed E-state index contributed by atoms with van der Waals surface area (Å²) in [6.45, 7) is 9.45. The molecular formula is C65H44N4. The maximum atomic E-state index is 5.55. The van der Waals surface area contributed by atoms with Crippen LogP contribution in [-0.2, 0) is 5.41 Å². The van der Waals surface area contributed by atoms with Crippen LogP contribution >= 0.6 is 0 Å². The summed E-state index contributed by atoms with van der Waals surface area (Å²) >= 11 is 0. The van der Waals surface area contributed by atoms with Crippen molar-refractivity contribution in [1.29, 1.82) is 0 Å². The van der Waals surface area contributed by atoms with E-state index in [0.29, 0.717) is 0 Å². The van der Waals surface area contributed by atoms with Gasteiger partial charge in [-0.15, -0.1) is 0 Å². The zero-order valence-electron chi connectivity index (χ0n) is 38.8. The first-order chi connectivity index (χ1) is 33.8. The topological polar surface area (TPSA) is 34.6 Å². The van der Waals surface area contributed by atoms with Gasteiger partial charge in [0.15, 0.2) is 0 Å². The van der Waals surface area contributed by atoms with Crippen molar-refractivity contribution in [2.24, 2.45) is 0 Å². The van der Waals surface area contributed by atoms with Crippen LogP contribution in [0, 0.1) is 0 Å². The third kappa shape index (κ3) is 4.31. The minimum atomic E-state index is -0.0706. The molecule has 6 heterocycles. The summed E-state index contributed by atoms with van der Waals surface area (Å²) in [5, 5.41) is 13.0. The quantitative estimate of drug-likeness (QED) is 0.165. The fourth-order valence-electron chi connectivity index (χ4n) is 14.4. The molecule has 0 amide bonds. The summed E-state index contributed by atoms with van der Waals surface area (Å²) < 4.78 is 5.17. The van der Waals surface area contributed by atoms with Gasteiger partial charge in [-0.1, -0.05) is 155 Å². The van der Waals surface area contributed by atoms with Gasteiger partial charge in [0.2, 0.25) is 0 Å². The molecule has 4 aliphatic rings. The molecule has 0 aliphatic heterocycles. The molecule has 69 heavy (non-hydrogen) atoms. The summed E-state index contributed by atoms with van der Waals surface area (Å²) in [5.41, 5.74) is 23.5. The van der Waals surface area contributed by atoms with Gasteiger partial charge in [-0.25, -0.2) is 0 Å². The van der Waals surface area contributed by atoms with E-state index >= 15 is 0 Å². The SMILES string of the molecule is CC1c2ccccc2C(c2ccccc2)c2c1ncc1c2c2c3ccccc3cc3c4cc5c(cc4n1c32)c1cc(C(C)(C)C)cc2c3c4c(ncc3n5c12)C1c2ccccc2C4c2ccccc21. The number of benzene rings is 8. The van der Waals surface area contributed by atoms with Gasteiger partial charge < -0.3 is 8.80 Å². The van der Waals surface area contributed by atoms with Gasteiger partial charge in [-0.2, -0.15) is 0 Å². The summed E-state index contributed by atoms with van der Waals surface area (Å²) in [6.07, 6.45) is 4.42. The predicted octanol–water partition coefficient (Wildman–Crippen LogP) is 15.9. The van der Waals surface area contributed by atoms with E-state index in [-0.39, 0.29) is 29.1 Å². The predicted molar refractivity (Wildman–Crippen MR) is 284 cm³/mol. The highest BCUT2D eigenvalue weighted by atomic mass is 15.0. The Morgan fingerprint density at radius 2 is 0.928 bits per heavy atom. The van der Waals surface area contributed by atoms with Crippen LogP contribution < -0.4 is 0 Å². The largest absolute Gasteiger partial charge is 0.306 e. The molecule has 0 radical (unpaired) electrons. The van der Waals surface area contributed by atoms with Crippen molar-refractivity contribution in [1.82, 2.24) is 18.8 Å². The Bertz CT molecular complexity index is 4570. The van der Waals surface area contributed by atoms with Gasteiger partial charge in [0.25, 0.3) is 0 Å². The van der Waals surface area contributed by atoms with E-state index in [1.165, 1.54) is 154 Å². The standard InChI is InChI=1S/C65H44N4/c1-33-37-19-10-11-21-39(37)53(34-16-6-5-7-17-34)59-58-52(32-66-61(33)59)69-50-30-45-47-27-36(65(2,3)4)28-48-56-51(31-67-62-55-42-24-14-12-22-40(42)54(60(56)62)41-23-13-15-25-43(41)55)68(63(47)48)49(45)29-44(50)46-26-35-18-8-9-20-38(35)57(58)64(46)69/h5-33,53-55H,1-4H3. The van der Waals surface area contributed by atoms with Crippen molar-refractivity contribution < 1.29 is 0 Å². The van der Waals surface area contributed by atoms with Crippen LogP contribution in [0.5, 0.6) is 0 Å². The Morgan fingerprint density at radius 3 is 1.61 bits per heavy atom. The lowest BCUT2D eigenvalue weighted by molar-refractivity contribution is 0.592. The monoisotopic (exact) mass is 880 g/mol. The Balaban J connectivity index is 1.03. The van der Waals surface area contributed by atoms with Crippen LogP contribution in [0.2, 0.25) is 0 Å². The minimum absolute atomic E-state index is 0.0503. The number of nitrogens with zero attached hydrogens (tertiary/aromatic N) is 4. The number of rotatable bonds is 1. The highest BCUT2D eigenvalue weighted by Crippen LogP contribution is 2.59. The molecule has 0 spiro atoms. The Morgan fingerprint density at radius 1 is 0.406 bits per heavy atom. The number of pyridine rings is 2. The van der Waals surface area contributed by atoms with Crippen molar-refractivity contribution >= 4 is 87.0 Å². The van der Waals surface area contributed by atoms with Crippen LogP contribution in [-0.4, -0.2) is 18.8 Å². The minimum Gasteiger partial charge on any atom is -0.306 e. The van der Waals surface area contributed by atoms with Gasteiger partial charge in [0.1, 0.15) is 0 Å². The second-order valence-electron chi connectivity index (χ2n) is 21.5. The first kappa shape index (κ1) is 37.0. The summed E-state index contributed by atoms with van der Waals surface area (Å²) in [6, 6.07) is 60.1. The molecule has 6 aromatic heterocycles. The van der Waals surface area contributed by atoms with Gasteiger partial charge in [0, 0.05) is 60.8 Å². The van der Waals surface area contributed by atoms with Gasteiger partial charge in [-0.05, 0) is 102 Å². The van der Waals surface area contributed by atoms with Gasteiger partial charge in [0.05, 0.1) is 62.8 Å². The van der Waals surface area contributed by atoms with Crippen molar-refractivity contribution in [3.8, 4) is 0 Å². The average molecular weight is 881 g/mol. The first-order valence-electron chi connectivity index (χ1n) is 24.7. The van der Waals surface area contributed by atoms with E-state index in [0.717, 1.165) is 0 Å². The lowest BCUT2D eigenvalue weighted by Crippen LogP contribution is -2.28. The maximum Gasteiger partial charge on any atom is 0.0728 e. The van der Waals surface area contributed by atoms with E-state index in [9.17, 15) is 0 Å². The fourth-order valence-corrected chi connectivity index (χ4v) is 14.4. The molecule has 4 nitrogen and oxygen atoms in total. The molecule has 2 unspecified atom stereocenters. The molecular weight excluding hydrogens is 837 g/mol. The van der Waals surface area contributed by atoms with Crippen molar-refractivity contribution in [3.63, 3.8) is 0 Å². The van der Waals surface area contributed by atoms with E-state index in [2.05, 4.69) is 207 Å². The zero-order chi connectivity index (χ0) is 45.3. The first-order valence-corrected chi connectivity index (χ1v) is 24.7. The summed E-state index contributed by atoms with van der Waals surface area (Å²) in [4.78, 5) is 11.1. The van der Waals surface area contributed by atoms with Crippen molar-refractivity contribution in [3.05, 3.63) is 237 Å². The van der Waals surface area contributed by atoms with E-state index in [1.54, 1.807) is 0 Å². The van der Waals surface area contributed by atoms with Crippen molar-refractivity contribution in [2.75, 3.05) is 0 Å². The molecule has 0 N–H and O–H groups in total. The highest BCUT2D eigenvalue weighted by molar-refractivity contribution is 6.34. The Hall–Kier alpha value is -8.08. The van der Waals surface area contributed by atoms with Crippen LogP contribution in [0.4, 0.5) is 0 Å². The third-order valence-corrected chi connectivity index (χ3v) is 17.3. The molecule has 324 valence electrons. The second-order valence-corrected chi connectivity index (χ2v) is 21.5. The van der Waals surface area contributed by atoms with Gasteiger partial charge >= 0.3 is 0 Å². The van der Waals surface area contributed by atoms with E-state index in [4.69, 9.17) is 9.97 Å². The van der Waals surface area contributed by atoms with Gasteiger partial charge in [-0.3, -0.25) is 9.97 Å². The van der Waals surface area contributed by atoms with E-state index in [1.807, 2.05) is 0 Å². The van der Waals surface area contributed by atoms with Crippen LogP contribution in [0.25, 0.3) is 87.0 Å². The summed E-state index contributed by atoms with van der Waals surface area (Å²) in [7, 11) is 0. The summed E-state index contributed by atoms with van der Waals surface area (Å²) in [5.74, 6) is 0.448. The van der Waals surface area contributed by atoms with E-state index < -0.39 is 0 Å². The number of aromatic nitrogens is 4. The number of hydrogen-bond acceptors (Lipinski definition) is 2. The average Bonchev–Trinajstić information content (AvgIpc) is 4.11. The molecule has 0 saturated carbocycles. The number of hydrogen-bond donors (Lipinski definition) is 0.